The summed E-state index contributed by atoms with van der Waals surface area (Å²) < 4.78 is 0. The number of phenols is 1. The predicted molar refractivity (Wildman–Crippen MR) is 93.7 cm³/mol. The molecule has 1 amide bonds. The summed E-state index contributed by atoms with van der Waals surface area (Å²) in [5.74, 6) is -2.44. The van der Waals surface area contributed by atoms with Crippen LogP contribution in [0.5, 0.6) is 5.75 Å². The third kappa shape index (κ3) is 3.25. The molecule has 0 bridgehead atoms. The van der Waals surface area contributed by atoms with Gasteiger partial charge in [0.25, 0.3) is 5.91 Å². The lowest BCUT2D eigenvalue weighted by atomic mass is 10.1. The number of carbonyl (C=O) groups is 2. The van der Waals surface area contributed by atoms with Crippen molar-refractivity contribution in [2.45, 2.75) is 6.92 Å². The molecule has 0 unspecified atom stereocenters. The average molecular weight is 337 g/mol. The minimum Gasteiger partial charge on any atom is -0.507 e. The Morgan fingerprint density at radius 1 is 1.24 bits per heavy atom. The number of benzene rings is 2. The van der Waals surface area contributed by atoms with Gasteiger partial charge in [0.05, 0.1) is 17.1 Å². The van der Waals surface area contributed by atoms with Crippen molar-refractivity contribution in [2.75, 3.05) is 5.01 Å². The third-order valence-corrected chi connectivity index (χ3v) is 3.77. The van der Waals surface area contributed by atoms with Gasteiger partial charge in [0.15, 0.2) is 0 Å². The molecule has 2 N–H and O–H groups in total. The van der Waals surface area contributed by atoms with Crippen LogP contribution in [0.4, 0.5) is 11.4 Å². The van der Waals surface area contributed by atoms with Gasteiger partial charge in [-0.3, -0.25) is 9.79 Å². The normalized spacial score (nSPS) is 17.2. The quantitative estimate of drug-likeness (QED) is 0.837. The second kappa shape index (κ2) is 6.56. The van der Waals surface area contributed by atoms with Crippen LogP contribution in [0, 0.1) is 5.92 Å². The number of hydrogen-bond acceptors (Lipinski definition) is 5. The largest absolute Gasteiger partial charge is 0.507 e. The summed E-state index contributed by atoms with van der Waals surface area (Å²) >= 11 is 0. The molecule has 7 heteroatoms. The van der Waals surface area contributed by atoms with Gasteiger partial charge in [0, 0.05) is 6.21 Å². The van der Waals surface area contributed by atoms with Gasteiger partial charge >= 0.3 is 5.97 Å². The first-order valence-electron chi connectivity index (χ1n) is 7.52. The Balaban J connectivity index is 1.83. The van der Waals surface area contributed by atoms with Crippen LogP contribution in [0.15, 0.2) is 58.6 Å². The summed E-state index contributed by atoms with van der Waals surface area (Å²) in [6.07, 6.45) is 1.43. The van der Waals surface area contributed by atoms with E-state index in [9.17, 15) is 14.7 Å². The van der Waals surface area contributed by atoms with E-state index >= 15 is 0 Å². The molecule has 0 saturated heterocycles. The molecular formula is C18H15N3O4. The molecule has 1 aliphatic rings. The molecule has 7 nitrogen and oxygen atoms in total. The minimum absolute atomic E-state index is 0.232. The van der Waals surface area contributed by atoms with Crippen molar-refractivity contribution in [1.82, 2.24) is 0 Å². The van der Waals surface area contributed by atoms with Crippen LogP contribution < -0.4 is 5.01 Å². The van der Waals surface area contributed by atoms with E-state index in [4.69, 9.17) is 5.11 Å². The predicted octanol–water partition coefficient (Wildman–Crippen LogP) is 2.83. The fourth-order valence-corrected chi connectivity index (χ4v) is 2.44. The lowest BCUT2D eigenvalue weighted by Gasteiger charge is -2.12. The van der Waals surface area contributed by atoms with Gasteiger partial charge < -0.3 is 10.2 Å². The first-order valence-corrected chi connectivity index (χ1v) is 7.52. The van der Waals surface area contributed by atoms with E-state index in [1.165, 1.54) is 29.4 Å². The molecule has 0 spiro atoms. The molecular weight excluding hydrogens is 322 g/mol. The van der Waals surface area contributed by atoms with E-state index in [2.05, 4.69) is 10.1 Å². The number of amides is 1. The number of carboxylic acid groups (broad SMARTS) is 1. The van der Waals surface area contributed by atoms with Crippen LogP contribution in [0.1, 0.15) is 17.3 Å². The standard InChI is InChI=1S/C18H15N3O4/c1-11-15(17(23)21(20-11)13-5-3-2-4-6-13)10-19-12-7-8-16(22)14(9-12)18(24)25/h2-10,15,22H,1H3,(H,24,25)/t15-/m1/s1. The lowest BCUT2D eigenvalue weighted by molar-refractivity contribution is -0.118. The van der Waals surface area contributed by atoms with Crippen molar-refractivity contribution in [3.8, 4) is 5.75 Å². The first kappa shape index (κ1) is 16.4. The van der Waals surface area contributed by atoms with E-state index in [1.54, 1.807) is 19.1 Å². The highest BCUT2D eigenvalue weighted by Gasteiger charge is 2.33. The van der Waals surface area contributed by atoms with Gasteiger partial charge in [-0.2, -0.15) is 10.1 Å². The number of anilines is 1. The number of aliphatic imine (C=N–C) groups is 1. The number of hydrazone groups is 1. The number of hydrogen-bond donors (Lipinski definition) is 2. The number of carboxylic acids is 1. The Bertz CT molecular complexity index is 890. The summed E-state index contributed by atoms with van der Waals surface area (Å²) in [6, 6.07) is 13.0. The average Bonchev–Trinajstić information content (AvgIpc) is 2.89. The highest BCUT2D eigenvalue weighted by molar-refractivity contribution is 6.23. The number of nitrogens with zero attached hydrogens (tertiary/aromatic N) is 3. The van der Waals surface area contributed by atoms with Gasteiger partial charge in [-0.15, -0.1) is 0 Å². The minimum atomic E-state index is -1.25. The van der Waals surface area contributed by atoms with Gasteiger partial charge in [-0.1, -0.05) is 18.2 Å². The fraction of sp³-hybridized carbons (Fsp3) is 0.111. The van der Waals surface area contributed by atoms with Gasteiger partial charge in [-0.25, -0.2) is 4.79 Å². The van der Waals surface area contributed by atoms with Crippen LogP contribution in [-0.4, -0.2) is 34.0 Å². The smallest absolute Gasteiger partial charge is 0.339 e. The van der Waals surface area contributed by atoms with Crippen LogP contribution in [-0.2, 0) is 4.79 Å². The van der Waals surface area contributed by atoms with E-state index in [0.717, 1.165) is 0 Å². The van der Waals surface area contributed by atoms with Crippen molar-refractivity contribution in [3.05, 3.63) is 54.1 Å². The topological polar surface area (TPSA) is 103 Å². The van der Waals surface area contributed by atoms with Crippen LogP contribution in [0.2, 0.25) is 0 Å². The van der Waals surface area contributed by atoms with Crippen molar-refractivity contribution in [2.24, 2.45) is 16.0 Å². The Hall–Kier alpha value is -3.48. The summed E-state index contributed by atoms with van der Waals surface area (Å²) in [7, 11) is 0. The Morgan fingerprint density at radius 2 is 1.96 bits per heavy atom. The maximum Gasteiger partial charge on any atom is 0.339 e. The van der Waals surface area contributed by atoms with Gasteiger partial charge in [0.2, 0.25) is 0 Å². The maximum atomic E-state index is 12.6. The molecule has 0 fully saturated rings. The first-order chi connectivity index (χ1) is 12.0. The van der Waals surface area contributed by atoms with Crippen molar-refractivity contribution >= 4 is 35.2 Å². The zero-order valence-corrected chi connectivity index (χ0v) is 13.3. The van der Waals surface area contributed by atoms with Gasteiger partial charge in [0.1, 0.15) is 17.2 Å². The molecule has 0 aliphatic carbocycles. The molecule has 25 heavy (non-hydrogen) atoms. The molecule has 1 aliphatic heterocycles. The van der Waals surface area contributed by atoms with Crippen molar-refractivity contribution in [1.29, 1.82) is 0 Å². The molecule has 0 aromatic heterocycles. The van der Waals surface area contributed by atoms with Crippen LogP contribution in [0.3, 0.4) is 0 Å². The second-order valence-corrected chi connectivity index (χ2v) is 5.49. The van der Waals surface area contributed by atoms with E-state index in [-0.39, 0.29) is 17.2 Å². The monoisotopic (exact) mass is 337 g/mol. The molecule has 126 valence electrons. The summed E-state index contributed by atoms with van der Waals surface area (Å²) in [4.78, 5) is 27.8. The Labute approximate surface area is 143 Å². The van der Waals surface area contributed by atoms with Crippen LogP contribution in [0.25, 0.3) is 0 Å². The fourth-order valence-electron chi connectivity index (χ4n) is 2.44. The number of rotatable bonds is 4. The lowest BCUT2D eigenvalue weighted by Crippen LogP contribution is -2.27. The number of aromatic hydroxyl groups is 1. The van der Waals surface area contributed by atoms with Crippen LogP contribution >= 0.6 is 0 Å². The Morgan fingerprint density at radius 3 is 2.64 bits per heavy atom. The summed E-state index contributed by atoms with van der Waals surface area (Å²) in [5.41, 5.74) is 1.34. The van der Waals surface area contributed by atoms with E-state index < -0.39 is 11.9 Å². The van der Waals surface area contributed by atoms with E-state index in [0.29, 0.717) is 17.1 Å². The summed E-state index contributed by atoms with van der Waals surface area (Å²) in [6.45, 7) is 1.73. The molecule has 3 rings (SSSR count). The highest BCUT2D eigenvalue weighted by atomic mass is 16.4. The molecule has 1 heterocycles. The molecule has 2 aromatic carbocycles. The number of aromatic carboxylic acids is 1. The molecule has 0 saturated carbocycles. The van der Waals surface area contributed by atoms with Crippen molar-refractivity contribution < 1.29 is 19.8 Å². The van der Waals surface area contributed by atoms with Crippen molar-refractivity contribution in [3.63, 3.8) is 0 Å². The summed E-state index contributed by atoms with van der Waals surface area (Å²) in [5, 5.41) is 24.1. The van der Waals surface area contributed by atoms with E-state index in [1.807, 2.05) is 18.2 Å². The molecule has 2 aromatic rings. The SMILES string of the molecule is CC1=NN(c2ccccc2)C(=O)[C@@H]1C=Nc1ccc(O)c(C(=O)O)c1. The second-order valence-electron chi connectivity index (χ2n) is 5.49. The van der Waals surface area contributed by atoms with Gasteiger partial charge in [-0.05, 0) is 37.3 Å². The number of para-hydroxylation sites is 1. The third-order valence-electron chi connectivity index (χ3n) is 3.77. The molecule has 1 atom stereocenters. The zero-order chi connectivity index (χ0) is 18.0. The highest BCUT2D eigenvalue weighted by Crippen LogP contribution is 2.25. The molecule has 0 radical (unpaired) electrons. The zero-order valence-electron chi connectivity index (χ0n) is 13.3. The Kier molecular flexibility index (Phi) is 4.30. The number of carbonyl (C=O) groups excluding carboxylic acids is 1. The maximum absolute atomic E-state index is 12.6.